The van der Waals surface area contributed by atoms with Crippen molar-refractivity contribution in [1.82, 2.24) is 19.3 Å². The lowest BCUT2D eigenvalue weighted by atomic mass is 9.97. The quantitative estimate of drug-likeness (QED) is 0.437. The number of hydrogen-bond donors (Lipinski definition) is 4. The molecule has 2 aliphatic rings. The number of nitrogens with two attached hydrogens (primary N) is 1. The number of fused-ring (bicyclic) bond motifs is 3. The van der Waals surface area contributed by atoms with Gasteiger partial charge in [0.2, 0.25) is 0 Å². The molecule has 152 valence electrons. The van der Waals surface area contributed by atoms with Crippen LogP contribution in [0.25, 0.3) is 5.65 Å². The highest BCUT2D eigenvalue weighted by molar-refractivity contribution is 6.01. The van der Waals surface area contributed by atoms with Gasteiger partial charge in [-0.2, -0.15) is 5.26 Å². The Hall–Kier alpha value is -3.12. The summed E-state index contributed by atoms with van der Waals surface area (Å²) < 4.78 is 1.90. The van der Waals surface area contributed by atoms with Crippen LogP contribution in [0.3, 0.4) is 0 Å². The molecule has 9 nitrogen and oxygen atoms in total. The Bertz CT molecular complexity index is 952. The molecular formula is C20H27N9. The minimum Gasteiger partial charge on any atom is -0.402 e. The zero-order valence-corrected chi connectivity index (χ0v) is 16.6. The Morgan fingerprint density at radius 1 is 1.41 bits per heavy atom. The second-order valence-corrected chi connectivity index (χ2v) is 7.90. The largest absolute Gasteiger partial charge is 0.402 e. The highest BCUT2D eigenvalue weighted by atomic mass is 15.2. The number of amidine groups is 1. The average Bonchev–Trinajstić information content (AvgIpc) is 3.21. The Morgan fingerprint density at radius 2 is 2.17 bits per heavy atom. The molecule has 0 unspecified atom stereocenters. The maximum atomic E-state index is 8.92. The number of allylic oxidation sites excluding steroid dienone is 1. The van der Waals surface area contributed by atoms with Crippen LogP contribution in [-0.4, -0.2) is 49.8 Å². The molecule has 0 radical (unpaired) electrons. The molecule has 0 aliphatic carbocycles. The molecule has 29 heavy (non-hydrogen) atoms. The molecule has 2 aromatic rings. The van der Waals surface area contributed by atoms with Gasteiger partial charge in [0.25, 0.3) is 0 Å². The first-order chi connectivity index (χ1) is 14.0. The maximum absolute atomic E-state index is 8.92. The molecule has 0 amide bonds. The van der Waals surface area contributed by atoms with Crippen LogP contribution >= 0.6 is 0 Å². The van der Waals surface area contributed by atoms with Crippen molar-refractivity contribution in [1.29, 1.82) is 10.7 Å². The third-order valence-corrected chi connectivity index (χ3v) is 5.72. The first-order valence-electron chi connectivity index (χ1n) is 10.1. The maximum Gasteiger partial charge on any atom is 0.180 e. The number of nitrogens with one attached hydrogen (secondary N) is 3. The van der Waals surface area contributed by atoms with E-state index in [1.165, 1.54) is 12.8 Å². The van der Waals surface area contributed by atoms with E-state index in [-0.39, 0.29) is 5.84 Å². The normalized spacial score (nSPS) is 24.4. The van der Waals surface area contributed by atoms with Gasteiger partial charge in [0.1, 0.15) is 5.84 Å². The van der Waals surface area contributed by atoms with Crippen LogP contribution in [0.4, 0.5) is 11.6 Å². The van der Waals surface area contributed by atoms with Gasteiger partial charge in [-0.1, -0.05) is 0 Å². The fourth-order valence-corrected chi connectivity index (χ4v) is 4.62. The van der Waals surface area contributed by atoms with Gasteiger partial charge in [0, 0.05) is 49.2 Å². The summed E-state index contributed by atoms with van der Waals surface area (Å²) in [7, 11) is 0. The molecular weight excluding hydrogens is 366 g/mol. The first-order valence-corrected chi connectivity index (χ1v) is 10.1. The molecule has 2 aliphatic heterocycles. The van der Waals surface area contributed by atoms with Crippen LogP contribution < -0.4 is 16.4 Å². The number of rotatable bonds is 6. The van der Waals surface area contributed by atoms with Crippen molar-refractivity contribution in [3.8, 4) is 6.07 Å². The number of anilines is 2. The molecule has 2 saturated heterocycles. The molecule has 5 N–H and O–H groups in total. The Kier molecular flexibility index (Phi) is 5.36. The fourth-order valence-electron chi connectivity index (χ4n) is 4.62. The zero-order chi connectivity index (χ0) is 20.4. The minimum absolute atomic E-state index is 0.187. The highest BCUT2D eigenvalue weighted by Gasteiger charge is 2.40. The molecule has 2 bridgehead atoms. The van der Waals surface area contributed by atoms with Crippen molar-refractivity contribution in [2.45, 2.75) is 57.2 Å². The van der Waals surface area contributed by atoms with Gasteiger partial charge < -0.3 is 20.8 Å². The summed E-state index contributed by atoms with van der Waals surface area (Å²) in [6, 6.07) is 3.65. The van der Waals surface area contributed by atoms with Crippen LogP contribution in [-0.2, 0) is 0 Å². The predicted octanol–water partition coefficient (Wildman–Crippen LogP) is 2.30. The van der Waals surface area contributed by atoms with Crippen molar-refractivity contribution < 1.29 is 0 Å². The summed E-state index contributed by atoms with van der Waals surface area (Å²) in [5, 5.41) is 23.5. The lowest BCUT2D eigenvalue weighted by molar-refractivity contribution is 0.136. The van der Waals surface area contributed by atoms with Crippen molar-refractivity contribution in [3.05, 3.63) is 30.4 Å². The fraction of sp³-hybridized carbons (Fsp3) is 0.500. The molecule has 4 heterocycles. The van der Waals surface area contributed by atoms with Crippen molar-refractivity contribution in [2.24, 2.45) is 5.73 Å². The number of nitriles is 1. The number of aromatic nitrogens is 3. The first kappa shape index (κ1) is 19.2. The molecule has 3 atom stereocenters. The smallest absolute Gasteiger partial charge is 0.180 e. The predicted molar refractivity (Wildman–Crippen MR) is 113 cm³/mol. The lowest BCUT2D eigenvalue weighted by Gasteiger charge is -2.39. The summed E-state index contributed by atoms with van der Waals surface area (Å²) in [5.41, 5.74) is 6.99. The molecule has 2 aromatic heterocycles. The van der Waals surface area contributed by atoms with Gasteiger partial charge in [0.05, 0.1) is 12.3 Å². The molecule has 4 rings (SSSR count). The van der Waals surface area contributed by atoms with Crippen molar-refractivity contribution >= 4 is 23.1 Å². The third-order valence-electron chi connectivity index (χ3n) is 5.72. The average molecular weight is 393 g/mol. The molecule has 0 spiro atoms. The van der Waals surface area contributed by atoms with E-state index in [0.29, 0.717) is 36.1 Å². The van der Waals surface area contributed by atoms with Gasteiger partial charge in [-0.25, -0.2) is 9.97 Å². The van der Waals surface area contributed by atoms with E-state index in [4.69, 9.17) is 16.4 Å². The Balaban J connectivity index is 1.51. The number of nitrogens with zero attached hydrogens (tertiary/aromatic N) is 5. The van der Waals surface area contributed by atoms with Crippen LogP contribution in [0, 0.1) is 16.7 Å². The number of piperidine rings is 1. The molecule has 2 fully saturated rings. The number of imidazole rings is 1. The topological polar surface area (TPSA) is 131 Å². The number of hydrogen-bond acceptors (Lipinski definition) is 7. The standard InChI is InChI=1S/C20H27N9/c1-13(22)9-17(23)26-18-12-28-8-6-24-20(28)19(27-18)25-14-10-15-3-4-16(11-14)29(15)7-2-5-21/h6,8-9,12,14-16H,2-4,7,10-11,22H2,1H3,(H2,23,26)(H,25,27)/b13-9-/t14-,15-,16+. The van der Waals surface area contributed by atoms with Crippen LogP contribution in [0.2, 0.25) is 0 Å². The van der Waals surface area contributed by atoms with E-state index in [1.807, 2.05) is 16.8 Å². The molecule has 0 saturated carbocycles. The SMILES string of the molecule is C/C(N)=C/C(=N)Nc1cn2ccnc2c(N[C@@H]2C[C@H]3CC[C@@H](C2)N3CCC#N)n1. The summed E-state index contributed by atoms with van der Waals surface area (Å²) in [6.07, 6.45) is 12.1. The monoisotopic (exact) mass is 393 g/mol. The summed E-state index contributed by atoms with van der Waals surface area (Å²) in [5.74, 6) is 1.47. The van der Waals surface area contributed by atoms with E-state index in [0.717, 1.165) is 30.9 Å². The van der Waals surface area contributed by atoms with E-state index in [1.54, 1.807) is 19.2 Å². The van der Waals surface area contributed by atoms with E-state index < -0.39 is 0 Å². The van der Waals surface area contributed by atoms with E-state index in [9.17, 15) is 0 Å². The summed E-state index contributed by atoms with van der Waals surface area (Å²) >= 11 is 0. The molecule has 0 aromatic carbocycles. The van der Waals surface area contributed by atoms with Gasteiger partial charge in [-0.3, -0.25) is 10.3 Å². The van der Waals surface area contributed by atoms with Crippen LogP contribution in [0.1, 0.15) is 39.0 Å². The Morgan fingerprint density at radius 3 is 2.86 bits per heavy atom. The highest BCUT2D eigenvalue weighted by Crippen LogP contribution is 2.37. The van der Waals surface area contributed by atoms with Crippen molar-refractivity contribution in [3.63, 3.8) is 0 Å². The lowest BCUT2D eigenvalue weighted by Crippen LogP contribution is -2.47. The third kappa shape index (κ3) is 4.17. The second kappa shape index (κ2) is 8.09. The minimum atomic E-state index is 0.187. The van der Waals surface area contributed by atoms with Crippen molar-refractivity contribution in [2.75, 3.05) is 17.2 Å². The summed E-state index contributed by atoms with van der Waals surface area (Å²) in [4.78, 5) is 11.6. The van der Waals surface area contributed by atoms with Gasteiger partial charge in [0.15, 0.2) is 17.3 Å². The van der Waals surface area contributed by atoms with Gasteiger partial charge in [-0.15, -0.1) is 0 Å². The summed E-state index contributed by atoms with van der Waals surface area (Å²) in [6.45, 7) is 2.61. The second-order valence-electron chi connectivity index (χ2n) is 7.90. The van der Waals surface area contributed by atoms with Crippen LogP contribution in [0.5, 0.6) is 0 Å². The van der Waals surface area contributed by atoms with Gasteiger partial charge in [-0.05, 0) is 38.7 Å². The molecule has 9 heteroatoms. The zero-order valence-electron chi connectivity index (χ0n) is 16.6. The van der Waals surface area contributed by atoms with Gasteiger partial charge >= 0.3 is 0 Å². The van der Waals surface area contributed by atoms with E-state index >= 15 is 0 Å². The Labute approximate surface area is 170 Å². The van der Waals surface area contributed by atoms with Crippen LogP contribution in [0.15, 0.2) is 30.4 Å². The van der Waals surface area contributed by atoms with E-state index in [2.05, 4.69) is 31.6 Å².